The van der Waals surface area contributed by atoms with Crippen LogP contribution in [0.4, 0.5) is 4.39 Å². The maximum Gasteiger partial charge on any atom is 0.328 e. The number of aromatic nitrogens is 2. The van der Waals surface area contributed by atoms with Crippen molar-refractivity contribution in [2.24, 2.45) is 0 Å². The number of amides is 1. The van der Waals surface area contributed by atoms with Crippen LogP contribution in [-0.2, 0) is 21.6 Å². The number of benzene rings is 1. The standard InChI is InChI=1S/C17H17BrFN3O4/c18-13-9-22(16(25)20-15(13)24)10-14(23)21-17(5-7-26-8-6-17)11-1-3-12(19)4-2-11/h1-4,9H,5-8,10H2,(H,21,23)(H,20,24,25). The van der Waals surface area contributed by atoms with Gasteiger partial charge >= 0.3 is 5.69 Å². The summed E-state index contributed by atoms with van der Waals surface area (Å²) in [6, 6.07) is 5.98. The third-order valence-electron chi connectivity index (χ3n) is 4.40. The molecule has 1 fully saturated rings. The number of nitrogens with one attached hydrogen (secondary N) is 2. The molecule has 2 aromatic rings. The molecule has 0 radical (unpaired) electrons. The van der Waals surface area contributed by atoms with Gasteiger partial charge in [0.1, 0.15) is 12.4 Å². The Balaban J connectivity index is 1.84. The van der Waals surface area contributed by atoms with Crippen molar-refractivity contribution in [3.05, 3.63) is 67.2 Å². The molecule has 1 aliphatic heterocycles. The summed E-state index contributed by atoms with van der Waals surface area (Å²) < 4.78 is 19.9. The maximum atomic E-state index is 13.3. The Labute approximate surface area is 156 Å². The molecule has 1 amide bonds. The summed E-state index contributed by atoms with van der Waals surface area (Å²) >= 11 is 3.04. The molecule has 1 saturated heterocycles. The second kappa shape index (κ2) is 7.55. The number of nitrogens with zero attached hydrogens (tertiary/aromatic N) is 1. The first kappa shape index (κ1) is 18.5. The molecule has 0 aliphatic carbocycles. The lowest BCUT2D eigenvalue weighted by Gasteiger charge is -2.38. The van der Waals surface area contributed by atoms with Crippen molar-refractivity contribution in [1.29, 1.82) is 0 Å². The molecule has 9 heteroatoms. The number of hydrogen-bond donors (Lipinski definition) is 2. The lowest BCUT2D eigenvalue weighted by molar-refractivity contribution is -0.125. The van der Waals surface area contributed by atoms with Crippen molar-refractivity contribution in [1.82, 2.24) is 14.9 Å². The summed E-state index contributed by atoms with van der Waals surface area (Å²) in [6.07, 6.45) is 2.35. The lowest BCUT2D eigenvalue weighted by Crippen LogP contribution is -2.51. The number of rotatable bonds is 4. The van der Waals surface area contributed by atoms with Crippen LogP contribution in [0.15, 0.2) is 44.5 Å². The van der Waals surface area contributed by atoms with Gasteiger partial charge in [-0.2, -0.15) is 0 Å². The number of H-pyrrole nitrogens is 1. The van der Waals surface area contributed by atoms with Crippen LogP contribution in [0.5, 0.6) is 0 Å². The van der Waals surface area contributed by atoms with E-state index < -0.39 is 22.7 Å². The van der Waals surface area contributed by atoms with Gasteiger partial charge in [-0.25, -0.2) is 9.18 Å². The molecule has 7 nitrogen and oxygen atoms in total. The van der Waals surface area contributed by atoms with Crippen LogP contribution in [0, 0.1) is 5.82 Å². The molecule has 0 atom stereocenters. The predicted molar refractivity (Wildman–Crippen MR) is 95.3 cm³/mol. The number of hydrogen-bond acceptors (Lipinski definition) is 4. The van der Waals surface area contributed by atoms with E-state index in [1.807, 2.05) is 0 Å². The maximum absolute atomic E-state index is 13.3. The third kappa shape index (κ3) is 3.94. The third-order valence-corrected chi connectivity index (χ3v) is 4.97. The van der Waals surface area contributed by atoms with Crippen LogP contribution in [0.25, 0.3) is 0 Å². The molecule has 2 heterocycles. The molecule has 0 saturated carbocycles. The second-order valence-electron chi connectivity index (χ2n) is 6.11. The fourth-order valence-electron chi connectivity index (χ4n) is 3.04. The Hall–Kier alpha value is -2.26. The summed E-state index contributed by atoms with van der Waals surface area (Å²) in [5.41, 5.74) is -1.13. The average Bonchev–Trinajstić information content (AvgIpc) is 2.61. The molecule has 1 aromatic carbocycles. The van der Waals surface area contributed by atoms with E-state index in [1.165, 1.54) is 18.3 Å². The zero-order valence-corrected chi connectivity index (χ0v) is 15.3. The van der Waals surface area contributed by atoms with Gasteiger partial charge in [-0.3, -0.25) is 19.1 Å². The molecule has 1 aromatic heterocycles. The van der Waals surface area contributed by atoms with Crippen molar-refractivity contribution in [2.75, 3.05) is 13.2 Å². The molecule has 2 N–H and O–H groups in total. The minimum Gasteiger partial charge on any atom is -0.381 e. The summed E-state index contributed by atoms with van der Waals surface area (Å²) in [4.78, 5) is 38.0. The van der Waals surface area contributed by atoms with Gasteiger partial charge < -0.3 is 10.1 Å². The highest BCUT2D eigenvalue weighted by Crippen LogP contribution is 2.32. The molecule has 0 spiro atoms. The number of halogens is 2. The zero-order chi connectivity index (χ0) is 18.7. The van der Waals surface area contributed by atoms with Crippen molar-refractivity contribution in [3.63, 3.8) is 0 Å². The summed E-state index contributed by atoms with van der Waals surface area (Å²) in [7, 11) is 0. The first-order valence-electron chi connectivity index (χ1n) is 8.04. The highest BCUT2D eigenvalue weighted by atomic mass is 79.9. The van der Waals surface area contributed by atoms with Crippen LogP contribution >= 0.6 is 15.9 Å². The molecular formula is C17H17BrFN3O4. The van der Waals surface area contributed by atoms with Crippen molar-refractivity contribution < 1.29 is 13.9 Å². The normalized spacial score (nSPS) is 16.2. The number of ether oxygens (including phenoxy) is 1. The SMILES string of the molecule is O=C(Cn1cc(Br)c(=O)[nH]c1=O)NC1(c2ccc(F)cc2)CCOCC1. The Kier molecular flexibility index (Phi) is 5.38. The highest BCUT2D eigenvalue weighted by molar-refractivity contribution is 9.10. The van der Waals surface area contributed by atoms with E-state index in [-0.39, 0.29) is 16.8 Å². The Morgan fingerprint density at radius 3 is 2.58 bits per heavy atom. The monoisotopic (exact) mass is 425 g/mol. The van der Waals surface area contributed by atoms with Gasteiger partial charge in [0.05, 0.1) is 10.0 Å². The average molecular weight is 426 g/mol. The van der Waals surface area contributed by atoms with Crippen LogP contribution in [-0.4, -0.2) is 28.7 Å². The molecule has 3 rings (SSSR count). The van der Waals surface area contributed by atoms with E-state index in [9.17, 15) is 18.8 Å². The van der Waals surface area contributed by atoms with E-state index >= 15 is 0 Å². The second-order valence-corrected chi connectivity index (χ2v) is 6.97. The summed E-state index contributed by atoms with van der Waals surface area (Å²) in [5, 5.41) is 2.97. The van der Waals surface area contributed by atoms with Gasteiger partial charge in [0, 0.05) is 19.4 Å². The van der Waals surface area contributed by atoms with E-state index in [2.05, 4.69) is 26.2 Å². The topological polar surface area (TPSA) is 93.2 Å². The number of carbonyl (C=O) groups is 1. The summed E-state index contributed by atoms with van der Waals surface area (Å²) in [6.45, 7) is 0.668. The van der Waals surface area contributed by atoms with E-state index in [0.29, 0.717) is 26.1 Å². The first-order chi connectivity index (χ1) is 12.4. The molecule has 0 unspecified atom stereocenters. The Morgan fingerprint density at radius 2 is 1.92 bits per heavy atom. The predicted octanol–water partition coefficient (Wildman–Crippen LogP) is 1.26. The van der Waals surface area contributed by atoms with Gasteiger partial charge in [0.15, 0.2) is 0 Å². The zero-order valence-electron chi connectivity index (χ0n) is 13.8. The van der Waals surface area contributed by atoms with Gasteiger partial charge in [-0.1, -0.05) is 12.1 Å². The lowest BCUT2D eigenvalue weighted by atomic mass is 9.82. The Bertz CT molecular complexity index is 917. The highest BCUT2D eigenvalue weighted by Gasteiger charge is 2.36. The van der Waals surface area contributed by atoms with Crippen molar-refractivity contribution in [3.8, 4) is 0 Å². The fourth-order valence-corrected chi connectivity index (χ4v) is 3.38. The molecule has 1 aliphatic rings. The fraction of sp³-hybridized carbons (Fsp3) is 0.353. The van der Waals surface area contributed by atoms with E-state index in [4.69, 9.17) is 4.74 Å². The summed E-state index contributed by atoms with van der Waals surface area (Å²) in [5.74, 6) is -0.746. The van der Waals surface area contributed by atoms with Crippen LogP contribution in [0.2, 0.25) is 0 Å². The number of carbonyl (C=O) groups excluding carboxylic acids is 1. The molecule has 138 valence electrons. The van der Waals surface area contributed by atoms with Gasteiger partial charge in [-0.15, -0.1) is 0 Å². The quantitative estimate of drug-likeness (QED) is 0.770. The largest absolute Gasteiger partial charge is 0.381 e. The Morgan fingerprint density at radius 1 is 1.27 bits per heavy atom. The first-order valence-corrected chi connectivity index (χ1v) is 8.83. The molecular weight excluding hydrogens is 409 g/mol. The smallest absolute Gasteiger partial charge is 0.328 e. The van der Waals surface area contributed by atoms with Crippen molar-refractivity contribution >= 4 is 21.8 Å². The number of aromatic amines is 1. The van der Waals surface area contributed by atoms with Crippen molar-refractivity contribution in [2.45, 2.75) is 24.9 Å². The van der Waals surface area contributed by atoms with Gasteiger partial charge in [-0.05, 0) is 46.5 Å². The van der Waals surface area contributed by atoms with Crippen LogP contribution in [0.3, 0.4) is 0 Å². The van der Waals surface area contributed by atoms with Gasteiger partial charge in [0.2, 0.25) is 5.91 Å². The van der Waals surface area contributed by atoms with Gasteiger partial charge in [0.25, 0.3) is 5.56 Å². The van der Waals surface area contributed by atoms with E-state index in [0.717, 1.165) is 10.1 Å². The van der Waals surface area contributed by atoms with Crippen LogP contribution in [0.1, 0.15) is 18.4 Å². The minimum atomic E-state index is -0.688. The molecule has 0 bridgehead atoms. The van der Waals surface area contributed by atoms with Crippen LogP contribution < -0.4 is 16.6 Å². The minimum absolute atomic E-state index is 0.157. The molecule has 26 heavy (non-hydrogen) atoms. The van der Waals surface area contributed by atoms with E-state index in [1.54, 1.807) is 12.1 Å².